The molecule has 3 nitrogen and oxygen atoms in total. The van der Waals surface area contributed by atoms with Gasteiger partial charge in [-0.1, -0.05) is 6.42 Å². The fourth-order valence-electron chi connectivity index (χ4n) is 3.05. The van der Waals surface area contributed by atoms with Crippen molar-refractivity contribution in [3.8, 4) is 0 Å². The summed E-state index contributed by atoms with van der Waals surface area (Å²) in [4.78, 5) is 4.67. The van der Waals surface area contributed by atoms with Gasteiger partial charge in [-0.15, -0.1) is 0 Å². The van der Waals surface area contributed by atoms with Crippen LogP contribution in [0, 0.1) is 12.7 Å². The van der Waals surface area contributed by atoms with Crippen molar-refractivity contribution in [2.24, 2.45) is 5.84 Å². The molecule has 0 radical (unpaired) electrons. The quantitative estimate of drug-likeness (QED) is 0.469. The lowest BCUT2D eigenvalue weighted by Gasteiger charge is -2.16. The van der Waals surface area contributed by atoms with Gasteiger partial charge in [-0.3, -0.25) is 10.8 Å². The lowest BCUT2D eigenvalue weighted by molar-refractivity contribution is 0.628. The summed E-state index contributed by atoms with van der Waals surface area (Å²) < 4.78 is 13.6. The monoisotopic (exact) mass is 259 g/mol. The molecule has 3 rings (SSSR count). The Labute approximate surface area is 112 Å². The Bertz CT molecular complexity index is 637. The molecule has 1 aliphatic carbocycles. The second-order valence-electron chi connectivity index (χ2n) is 5.23. The number of nitrogen functional groups attached to an aromatic ring is 1. The third-order valence-electron chi connectivity index (χ3n) is 3.92. The van der Waals surface area contributed by atoms with Crippen LogP contribution in [0.2, 0.25) is 0 Å². The first-order valence-corrected chi connectivity index (χ1v) is 6.79. The Morgan fingerprint density at radius 2 is 2.00 bits per heavy atom. The van der Waals surface area contributed by atoms with Crippen LogP contribution in [-0.4, -0.2) is 4.98 Å². The Kier molecular flexibility index (Phi) is 3.11. The molecule has 1 aromatic carbocycles. The standard InChI is InChI=1S/C15H18FN3/c1-9-7-10(16)8-13-14(9)15(19-17)11-5-3-2-4-6-12(11)18-13/h7-8H,2-6,17H2,1H3,(H,18,19). The number of halogens is 1. The van der Waals surface area contributed by atoms with Crippen molar-refractivity contribution in [2.45, 2.75) is 39.0 Å². The van der Waals surface area contributed by atoms with Crippen molar-refractivity contribution in [1.82, 2.24) is 4.98 Å². The number of hydrogen-bond donors (Lipinski definition) is 2. The SMILES string of the molecule is Cc1cc(F)cc2nc3c(c(NN)c12)CCCCC3. The lowest BCUT2D eigenvalue weighted by atomic mass is 9.99. The highest BCUT2D eigenvalue weighted by Crippen LogP contribution is 2.34. The van der Waals surface area contributed by atoms with Gasteiger partial charge in [0, 0.05) is 17.1 Å². The summed E-state index contributed by atoms with van der Waals surface area (Å²) in [5.74, 6) is 5.48. The zero-order valence-electron chi connectivity index (χ0n) is 11.1. The predicted molar refractivity (Wildman–Crippen MR) is 75.5 cm³/mol. The average molecular weight is 259 g/mol. The third kappa shape index (κ3) is 2.06. The van der Waals surface area contributed by atoms with Gasteiger partial charge in [0.1, 0.15) is 5.82 Å². The number of anilines is 1. The zero-order valence-corrected chi connectivity index (χ0v) is 11.1. The van der Waals surface area contributed by atoms with Crippen LogP contribution in [0.4, 0.5) is 10.1 Å². The molecule has 0 spiro atoms. The van der Waals surface area contributed by atoms with Crippen LogP contribution < -0.4 is 11.3 Å². The lowest BCUT2D eigenvalue weighted by Crippen LogP contribution is -2.13. The largest absolute Gasteiger partial charge is 0.323 e. The van der Waals surface area contributed by atoms with E-state index in [2.05, 4.69) is 10.4 Å². The van der Waals surface area contributed by atoms with Crippen molar-refractivity contribution in [3.05, 3.63) is 34.8 Å². The zero-order chi connectivity index (χ0) is 13.4. The van der Waals surface area contributed by atoms with Crippen molar-refractivity contribution in [2.75, 3.05) is 5.43 Å². The number of aromatic nitrogens is 1. The summed E-state index contributed by atoms with van der Waals surface area (Å²) in [7, 11) is 0. The molecular weight excluding hydrogens is 241 g/mol. The highest BCUT2D eigenvalue weighted by molar-refractivity contribution is 5.96. The predicted octanol–water partition coefficient (Wildman–Crippen LogP) is 3.24. The molecule has 0 atom stereocenters. The number of nitrogens with zero attached hydrogens (tertiary/aromatic N) is 1. The second-order valence-corrected chi connectivity index (χ2v) is 5.23. The highest BCUT2D eigenvalue weighted by atomic mass is 19.1. The number of rotatable bonds is 1. The topological polar surface area (TPSA) is 50.9 Å². The van der Waals surface area contributed by atoms with Gasteiger partial charge < -0.3 is 5.43 Å². The molecule has 100 valence electrons. The molecule has 3 N–H and O–H groups in total. The van der Waals surface area contributed by atoms with Gasteiger partial charge in [-0.25, -0.2) is 4.39 Å². The van der Waals surface area contributed by atoms with E-state index in [1.807, 2.05) is 6.92 Å². The number of benzene rings is 1. The van der Waals surface area contributed by atoms with Gasteiger partial charge in [0.2, 0.25) is 0 Å². The molecule has 1 heterocycles. The van der Waals surface area contributed by atoms with Crippen molar-refractivity contribution in [3.63, 3.8) is 0 Å². The van der Waals surface area contributed by atoms with Crippen LogP contribution in [0.3, 0.4) is 0 Å². The number of hydrazine groups is 1. The van der Waals surface area contributed by atoms with Crippen LogP contribution in [0.15, 0.2) is 12.1 Å². The van der Waals surface area contributed by atoms with Gasteiger partial charge in [-0.05, 0) is 49.8 Å². The van der Waals surface area contributed by atoms with Crippen LogP contribution in [0.25, 0.3) is 10.9 Å². The number of pyridine rings is 1. The fourth-order valence-corrected chi connectivity index (χ4v) is 3.05. The second kappa shape index (κ2) is 4.78. The van der Waals surface area contributed by atoms with Crippen molar-refractivity contribution < 1.29 is 4.39 Å². The number of hydrogen-bond acceptors (Lipinski definition) is 3. The minimum atomic E-state index is -0.242. The minimum absolute atomic E-state index is 0.242. The Balaban J connectivity index is 2.36. The summed E-state index contributed by atoms with van der Waals surface area (Å²) >= 11 is 0. The summed E-state index contributed by atoms with van der Waals surface area (Å²) in [5, 5.41) is 0.949. The molecule has 0 saturated heterocycles. The maximum atomic E-state index is 13.6. The number of nitrogens with two attached hydrogens (primary N) is 1. The molecular formula is C15H18FN3. The van der Waals surface area contributed by atoms with E-state index in [-0.39, 0.29) is 5.82 Å². The molecule has 0 fully saturated rings. The van der Waals surface area contributed by atoms with Gasteiger partial charge in [0.15, 0.2) is 0 Å². The smallest absolute Gasteiger partial charge is 0.125 e. The normalized spacial score (nSPS) is 15.1. The van der Waals surface area contributed by atoms with Crippen LogP contribution in [0.5, 0.6) is 0 Å². The first-order chi connectivity index (χ1) is 9.20. The number of fused-ring (bicyclic) bond motifs is 2. The number of nitrogens with one attached hydrogen (secondary N) is 1. The van der Waals surface area contributed by atoms with Gasteiger partial charge in [-0.2, -0.15) is 0 Å². The Morgan fingerprint density at radius 1 is 1.21 bits per heavy atom. The third-order valence-corrected chi connectivity index (χ3v) is 3.92. The van der Waals surface area contributed by atoms with E-state index < -0.39 is 0 Å². The molecule has 1 aliphatic rings. The first kappa shape index (κ1) is 12.4. The first-order valence-electron chi connectivity index (χ1n) is 6.79. The summed E-state index contributed by atoms with van der Waals surface area (Å²) in [6.45, 7) is 1.90. The molecule has 2 aromatic rings. The van der Waals surface area contributed by atoms with E-state index in [1.54, 1.807) is 0 Å². The Morgan fingerprint density at radius 3 is 2.79 bits per heavy atom. The maximum absolute atomic E-state index is 13.6. The van der Waals surface area contributed by atoms with Gasteiger partial charge in [0.25, 0.3) is 0 Å². The average Bonchev–Trinajstić information content (AvgIpc) is 2.60. The summed E-state index contributed by atoms with van der Waals surface area (Å²) in [5.41, 5.74) is 7.61. The van der Waals surface area contributed by atoms with Crippen LogP contribution in [-0.2, 0) is 12.8 Å². The highest BCUT2D eigenvalue weighted by Gasteiger charge is 2.18. The van der Waals surface area contributed by atoms with Crippen molar-refractivity contribution >= 4 is 16.6 Å². The molecule has 0 amide bonds. The van der Waals surface area contributed by atoms with E-state index in [9.17, 15) is 4.39 Å². The fraction of sp³-hybridized carbons (Fsp3) is 0.400. The van der Waals surface area contributed by atoms with Gasteiger partial charge >= 0.3 is 0 Å². The molecule has 0 unspecified atom stereocenters. The molecule has 0 bridgehead atoms. The van der Waals surface area contributed by atoms with Crippen LogP contribution >= 0.6 is 0 Å². The molecule has 1 aromatic heterocycles. The minimum Gasteiger partial charge on any atom is -0.323 e. The van der Waals surface area contributed by atoms with Crippen LogP contribution in [0.1, 0.15) is 36.1 Å². The van der Waals surface area contributed by atoms with Crippen molar-refractivity contribution in [1.29, 1.82) is 0 Å². The van der Waals surface area contributed by atoms with E-state index >= 15 is 0 Å². The van der Waals surface area contributed by atoms with Gasteiger partial charge in [0.05, 0.1) is 11.2 Å². The maximum Gasteiger partial charge on any atom is 0.125 e. The van der Waals surface area contributed by atoms with E-state index in [0.29, 0.717) is 5.52 Å². The Hall–Kier alpha value is -1.68. The number of aryl methyl sites for hydroxylation is 2. The molecule has 4 heteroatoms. The summed E-state index contributed by atoms with van der Waals surface area (Å²) in [6.07, 6.45) is 5.47. The van der Waals surface area contributed by atoms with E-state index in [0.717, 1.165) is 48.0 Å². The summed E-state index contributed by atoms with van der Waals surface area (Å²) in [6, 6.07) is 3.03. The van der Waals surface area contributed by atoms with E-state index in [4.69, 9.17) is 5.84 Å². The van der Waals surface area contributed by atoms with E-state index in [1.165, 1.54) is 24.1 Å². The molecule has 19 heavy (non-hydrogen) atoms. The molecule has 0 saturated carbocycles. The molecule has 0 aliphatic heterocycles.